The molecule has 2 aromatic carbocycles. The summed E-state index contributed by atoms with van der Waals surface area (Å²) < 4.78 is 35.6. The first kappa shape index (κ1) is 24.2. The van der Waals surface area contributed by atoms with Crippen molar-refractivity contribution in [2.75, 3.05) is 11.1 Å². The Morgan fingerprint density at radius 2 is 1.78 bits per heavy atom. The predicted molar refractivity (Wildman–Crippen MR) is 119 cm³/mol. The van der Waals surface area contributed by atoms with Gasteiger partial charge < -0.3 is 19.9 Å². The number of aromatic hydroxyl groups is 1. The zero-order valence-corrected chi connectivity index (χ0v) is 19.6. The van der Waals surface area contributed by atoms with Gasteiger partial charge in [-0.05, 0) is 56.9 Å². The van der Waals surface area contributed by atoms with Crippen molar-refractivity contribution >= 4 is 50.6 Å². The van der Waals surface area contributed by atoms with Crippen molar-refractivity contribution in [3.05, 3.63) is 40.4 Å². The number of rotatable bonds is 7. The molecule has 0 unspecified atom stereocenters. The highest BCUT2D eigenvalue weighted by Gasteiger charge is 2.31. The molecule has 0 spiro atoms. The van der Waals surface area contributed by atoms with Gasteiger partial charge in [0.15, 0.2) is 15.6 Å². The van der Waals surface area contributed by atoms with Gasteiger partial charge in [-0.2, -0.15) is 0 Å². The number of ether oxygens (including phenoxy) is 2. The normalized spacial score (nSPS) is 13.7. The Morgan fingerprint density at radius 1 is 1.16 bits per heavy atom. The van der Waals surface area contributed by atoms with Crippen molar-refractivity contribution in [2.45, 2.75) is 37.7 Å². The number of hydrogen-bond acceptors (Lipinski definition) is 7. The summed E-state index contributed by atoms with van der Waals surface area (Å²) in [4.78, 5) is 23.3. The highest BCUT2D eigenvalue weighted by molar-refractivity contribution is 7.91. The van der Waals surface area contributed by atoms with E-state index in [1.807, 2.05) is 0 Å². The van der Waals surface area contributed by atoms with Gasteiger partial charge in [-0.25, -0.2) is 13.2 Å². The second-order valence-corrected chi connectivity index (χ2v) is 10.5. The Kier molecular flexibility index (Phi) is 7.22. The SMILES string of the molecule is CC(C)OC(=O)C(=O)Nc1cc(Cl)c(Oc2ccc(O)c(S(=O)(=O)CC3CC3)c2)c(Cl)c1. The van der Waals surface area contributed by atoms with E-state index < -0.39 is 27.8 Å². The first-order chi connectivity index (χ1) is 15.0. The van der Waals surface area contributed by atoms with Gasteiger partial charge in [0.1, 0.15) is 16.4 Å². The van der Waals surface area contributed by atoms with Crippen LogP contribution in [0.4, 0.5) is 5.69 Å². The number of sulfone groups is 1. The fourth-order valence-electron chi connectivity index (χ4n) is 2.79. The second kappa shape index (κ2) is 9.56. The van der Waals surface area contributed by atoms with E-state index in [0.29, 0.717) is 0 Å². The number of hydrogen-bond donors (Lipinski definition) is 2. The summed E-state index contributed by atoms with van der Waals surface area (Å²) in [5.41, 5.74) is 0.136. The van der Waals surface area contributed by atoms with E-state index in [0.717, 1.165) is 12.8 Å². The summed E-state index contributed by atoms with van der Waals surface area (Å²) in [6.07, 6.45) is 1.23. The fraction of sp³-hybridized carbons (Fsp3) is 0.333. The summed E-state index contributed by atoms with van der Waals surface area (Å²) in [6.45, 7) is 3.22. The molecule has 8 nitrogen and oxygen atoms in total. The summed E-state index contributed by atoms with van der Waals surface area (Å²) in [7, 11) is -3.69. The van der Waals surface area contributed by atoms with E-state index in [4.69, 9.17) is 32.7 Å². The molecule has 1 aliphatic rings. The van der Waals surface area contributed by atoms with Crippen LogP contribution in [0.15, 0.2) is 35.2 Å². The third kappa shape index (κ3) is 6.05. The number of phenols is 1. The predicted octanol–water partition coefficient (Wildman–Crippen LogP) is 4.57. The average Bonchev–Trinajstić information content (AvgIpc) is 3.48. The molecule has 32 heavy (non-hydrogen) atoms. The minimum Gasteiger partial charge on any atom is -0.507 e. The number of esters is 1. The molecule has 0 saturated heterocycles. The van der Waals surface area contributed by atoms with Gasteiger partial charge in [-0.1, -0.05) is 23.2 Å². The van der Waals surface area contributed by atoms with Crippen molar-refractivity contribution in [3.63, 3.8) is 0 Å². The number of benzene rings is 2. The van der Waals surface area contributed by atoms with Gasteiger partial charge in [0.2, 0.25) is 0 Å². The largest absolute Gasteiger partial charge is 0.507 e. The first-order valence-electron chi connectivity index (χ1n) is 9.71. The van der Waals surface area contributed by atoms with Crippen LogP contribution < -0.4 is 10.1 Å². The van der Waals surface area contributed by atoms with Crippen LogP contribution in [-0.4, -0.2) is 37.3 Å². The molecule has 1 amide bonds. The Labute approximate surface area is 195 Å². The van der Waals surface area contributed by atoms with E-state index in [2.05, 4.69) is 5.32 Å². The lowest BCUT2D eigenvalue weighted by Crippen LogP contribution is -2.27. The monoisotopic (exact) mass is 501 g/mol. The highest BCUT2D eigenvalue weighted by atomic mass is 35.5. The zero-order valence-electron chi connectivity index (χ0n) is 17.2. The molecular formula is C21H21Cl2NO7S. The van der Waals surface area contributed by atoms with Crippen molar-refractivity contribution < 1.29 is 32.6 Å². The van der Waals surface area contributed by atoms with Gasteiger partial charge >= 0.3 is 11.9 Å². The lowest BCUT2D eigenvalue weighted by atomic mass is 10.2. The topological polar surface area (TPSA) is 119 Å². The number of nitrogens with one attached hydrogen (secondary N) is 1. The molecule has 1 aliphatic carbocycles. The molecule has 2 aromatic rings. The molecule has 0 atom stereocenters. The van der Waals surface area contributed by atoms with Gasteiger partial charge in [0.25, 0.3) is 0 Å². The molecule has 172 valence electrons. The Morgan fingerprint density at radius 3 is 2.34 bits per heavy atom. The number of amides is 1. The maximum absolute atomic E-state index is 12.6. The van der Waals surface area contributed by atoms with Crippen LogP contribution in [0.3, 0.4) is 0 Å². The lowest BCUT2D eigenvalue weighted by molar-refractivity contribution is -0.155. The van der Waals surface area contributed by atoms with Gasteiger partial charge in [0, 0.05) is 11.8 Å². The maximum atomic E-state index is 12.6. The van der Waals surface area contributed by atoms with Gasteiger partial charge in [-0.3, -0.25) is 4.79 Å². The molecule has 3 rings (SSSR count). The molecule has 0 radical (unpaired) electrons. The number of halogens is 2. The molecule has 0 aliphatic heterocycles. The van der Waals surface area contributed by atoms with Crippen molar-refractivity contribution in [1.29, 1.82) is 0 Å². The summed E-state index contributed by atoms with van der Waals surface area (Å²) in [5.74, 6) is -2.26. The average molecular weight is 502 g/mol. The summed E-state index contributed by atoms with van der Waals surface area (Å²) >= 11 is 12.5. The molecule has 0 aromatic heterocycles. The fourth-order valence-corrected chi connectivity index (χ4v) is 5.17. The Bertz CT molecular complexity index is 1140. The quantitative estimate of drug-likeness (QED) is 0.421. The van der Waals surface area contributed by atoms with E-state index in [-0.39, 0.29) is 49.5 Å². The molecule has 0 bridgehead atoms. The molecular weight excluding hydrogens is 481 g/mol. The summed E-state index contributed by atoms with van der Waals surface area (Å²) in [6, 6.07) is 6.42. The molecule has 2 N–H and O–H groups in total. The Hall–Kier alpha value is -2.49. The third-order valence-corrected chi connectivity index (χ3v) is 6.89. The minimum absolute atomic E-state index is 0.000453. The van der Waals surface area contributed by atoms with Crippen LogP contribution in [0.25, 0.3) is 0 Å². The van der Waals surface area contributed by atoms with Gasteiger partial charge in [0.05, 0.1) is 21.9 Å². The smallest absolute Gasteiger partial charge is 0.397 e. The van der Waals surface area contributed by atoms with Crippen molar-refractivity contribution in [2.24, 2.45) is 5.92 Å². The Balaban J connectivity index is 1.80. The maximum Gasteiger partial charge on any atom is 0.397 e. The number of carbonyl (C=O) groups is 2. The molecule has 1 fully saturated rings. The van der Waals surface area contributed by atoms with E-state index in [1.165, 1.54) is 30.3 Å². The van der Waals surface area contributed by atoms with Crippen LogP contribution in [0.5, 0.6) is 17.2 Å². The standard InChI is InChI=1S/C21H21Cl2NO7S/c1-11(2)30-21(27)20(26)24-13-7-15(22)19(16(23)8-13)31-14-5-6-17(25)18(9-14)32(28,29)10-12-3-4-12/h5-9,11-12,25H,3-4,10H2,1-2H3,(H,24,26). The number of carbonyl (C=O) groups excluding carboxylic acids is 2. The van der Waals surface area contributed by atoms with Crippen LogP contribution in [0.2, 0.25) is 10.0 Å². The highest BCUT2D eigenvalue weighted by Crippen LogP contribution is 2.41. The zero-order chi connectivity index (χ0) is 23.6. The van der Waals surface area contributed by atoms with Crippen molar-refractivity contribution in [3.8, 4) is 17.2 Å². The second-order valence-electron chi connectivity index (χ2n) is 7.63. The van der Waals surface area contributed by atoms with Crippen LogP contribution >= 0.6 is 23.2 Å². The molecule has 0 heterocycles. The van der Waals surface area contributed by atoms with Crippen LogP contribution in [-0.2, 0) is 24.2 Å². The van der Waals surface area contributed by atoms with E-state index >= 15 is 0 Å². The summed E-state index contributed by atoms with van der Waals surface area (Å²) in [5, 5.41) is 12.4. The van der Waals surface area contributed by atoms with Gasteiger partial charge in [-0.15, -0.1) is 0 Å². The number of phenolic OH excluding ortho intramolecular Hbond substituents is 1. The van der Waals surface area contributed by atoms with Crippen LogP contribution in [0.1, 0.15) is 26.7 Å². The molecule has 11 heteroatoms. The number of anilines is 1. The first-order valence-corrected chi connectivity index (χ1v) is 12.1. The lowest BCUT2D eigenvalue weighted by Gasteiger charge is -2.14. The third-order valence-electron chi connectivity index (χ3n) is 4.42. The van der Waals surface area contributed by atoms with E-state index in [9.17, 15) is 23.1 Å². The molecule has 1 saturated carbocycles. The minimum atomic E-state index is -3.69. The van der Waals surface area contributed by atoms with Crippen molar-refractivity contribution in [1.82, 2.24) is 0 Å². The van der Waals surface area contributed by atoms with Crippen LogP contribution in [0, 0.1) is 5.92 Å². The van der Waals surface area contributed by atoms with E-state index in [1.54, 1.807) is 13.8 Å².